The van der Waals surface area contributed by atoms with E-state index in [1.165, 1.54) is 19.1 Å². The van der Waals surface area contributed by atoms with Crippen LogP contribution in [0.3, 0.4) is 0 Å². The largest absolute Gasteiger partial charge is 0.355 e. The lowest BCUT2D eigenvalue weighted by Gasteiger charge is -2.04. The van der Waals surface area contributed by atoms with Gasteiger partial charge < -0.3 is 10.6 Å². The Balaban J connectivity index is 2.38. The lowest BCUT2D eigenvalue weighted by Crippen LogP contribution is -2.34. The second kappa shape index (κ2) is 5.79. The lowest BCUT2D eigenvalue weighted by molar-refractivity contribution is -0.118. The van der Waals surface area contributed by atoms with E-state index >= 15 is 0 Å². The van der Waals surface area contributed by atoms with Gasteiger partial charge in [0.15, 0.2) is 0 Å². The molecule has 2 N–H and O–H groups in total. The smallest absolute Gasteiger partial charge is 0.270 e. The number of carbonyl (C=O) groups is 2. The zero-order valence-electron chi connectivity index (χ0n) is 8.79. The average Bonchev–Trinajstić information content (AvgIpc) is 2.24. The van der Waals surface area contributed by atoms with Crippen molar-refractivity contribution in [1.82, 2.24) is 15.6 Å². The third-order valence-electron chi connectivity index (χ3n) is 1.73. The number of hydrogen-bond donors (Lipinski definition) is 2. The van der Waals surface area contributed by atoms with Crippen LogP contribution in [0.2, 0.25) is 0 Å². The fraction of sp³-hybridized carbons (Fsp3) is 0.300. The molecule has 1 aromatic rings. The summed E-state index contributed by atoms with van der Waals surface area (Å²) in [5.74, 6) is -1.34. The molecule has 1 rings (SSSR count). The predicted octanol–water partition coefficient (Wildman–Crippen LogP) is 0.0866. The highest BCUT2D eigenvalue weighted by molar-refractivity contribution is 5.92. The normalized spacial score (nSPS) is 9.62. The first kappa shape index (κ1) is 12.1. The molecule has 0 aromatic carbocycles. The van der Waals surface area contributed by atoms with E-state index in [4.69, 9.17) is 0 Å². The number of carbonyl (C=O) groups excluding carboxylic acids is 2. The van der Waals surface area contributed by atoms with Gasteiger partial charge in [0, 0.05) is 20.0 Å². The van der Waals surface area contributed by atoms with Gasteiger partial charge >= 0.3 is 0 Å². The van der Waals surface area contributed by atoms with Crippen molar-refractivity contribution in [1.29, 1.82) is 0 Å². The zero-order chi connectivity index (χ0) is 12.0. The second-order valence-electron chi connectivity index (χ2n) is 3.08. The first-order valence-corrected chi connectivity index (χ1v) is 4.75. The summed E-state index contributed by atoms with van der Waals surface area (Å²) in [6, 6.07) is 3.98. The topological polar surface area (TPSA) is 71.1 Å². The number of pyridine rings is 1. The van der Waals surface area contributed by atoms with E-state index in [2.05, 4.69) is 15.6 Å². The maximum absolute atomic E-state index is 12.7. The van der Waals surface area contributed by atoms with Crippen molar-refractivity contribution in [3.63, 3.8) is 0 Å². The molecular weight excluding hydrogens is 213 g/mol. The van der Waals surface area contributed by atoms with E-state index in [0.29, 0.717) is 6.54 Å². The molecule has 6 heteroatoms. The van der Waals surface area contributed by atoms with Gasteiger partial charge in [-0.1, -0.05) is 6.07 Å². The quantitative estimate of drug-likeness (QED) is 0.563. The molecule has 0 spiro atoms. The molecule has 5 nitrogen and oxygen atoms in total. The molecule has 0 aliphatic carbocycles. The summed E-state index contributed by atoms with van der Waals surface area (Å²) in [7, 11) is 0. The highest BCUT2D eigenvalue weighted by Crippen LogP contribution is 1.96. The summed E-state index contributed by atoms with van der Waals surface area (Å²) in [5.41, 5.74) is 0.0165. The van der Waals surface area contributed by atoms with E-state index < -0.39 is 11.9 Å². The van der Waals surface area contributed by atoms with Gasteiger partial charge in [0.2, 0.25) is 11.9 Å². The molecule has 0 radical (unpaired) electrons. The van der Waals surface area contributed by atoms with Crippen molar-refractivity contribution in [2.24, 2.45) is 0 Å². The molecule has 0 aliphatic rings. The highest BCUT2D eigenvalue weighted by atomic mass is 19.1. The highest BCUT2D eigenvalue weighted by Gasteiger charge is 2.06. The third-order valence-corrected chi connectivity index (χ3v) is 1.73. The first-order valence-electron chi connectivity index (χ1n) is 4.75. The van der Waals surface area contributed by atoms with Gasteiger partial charge in [-0.15, -0.1) is 0 Å². The van der Waals surface area contributed by atoms with Crippen LogP contribution in [0.5, 0.6) is 0 Å². The number of aromatic nitrogens is 1. The Hall–Kier alpha value is -1.98. The van der Waals surface area contributed by atoms with Crippen LogP contribution in [0.1, 0.15) is 17.4 Å². The number of rotatable bonds is 4. The lowest BCUT2D eigenvalue weighted by atomic mass is 10.3. The summed E-state index contributed by atoms with van der Waals surface area (Å²) in [6.45, 7) is 1.99. The molecule has 1 aromatic heterocycles. The average molecular weight is 225 g/mol. The summed E-state index contributed by atoms with van der Waals surface area (Å²) < 4.78 is 12.7. The van der Waals surface area contributed by atoms with Crippen LogP contribution in [0.15, 0.2) is 18.2 Å². The van der Waals surface area contributed by atoms with Crippen LogP contribution < -0.4 is 10.6 Å². The van der Waals surface area contributed by atoms with E-state index in [1.807, 2.05) is 0 Å². The molecule has 0 aliphatic heterocycles. The number of nitrogens with one attached hydrogen (secondary N) is 2. The minimum atomic E-state index is -0.700. The predicted molar refractivity (Wildman–Crippen MR) is 55.2 cm³/mol. The monoisotopic (exact) mass is 225 g/mol. The van der Waals surface area contributed by atoms with Crippen molar-refractivity contribution < 1.29 is 14.0 Å². The van der Waals surface area contributed by atoms with E-state index in [1.54, 1.807) is 0 Å². The molecular formula is C10H12FN3O2. The van der Waals surface area contributed by atoms with Crippen molar-refractivity contribution >= 4 is 11.8 Å². The molecule has 2 amide bonds. The molecule has 0 fully saturated rings. The maximum Gasteiger partial charge on any atom is 0.270 e. The van der Waals surface area contributed by atoms with Crippen molar-refractivity contribution in [3.05, 3.63) is 29.8 Å². The maximum atomic E-state index is 12.7. The first-order chi connectivity index (χ1) is 7.59. The van der Waals surface area contributed by atoms with E-state index in [-0.39, 0.29) is 18.1 Å². The van der Waals surface area contributed by atoms with Crippen LogP contribution in [-0.4, -0.2) is 29.9 Å². The van der Waals surface area contributed by atoms with E-state index in [9.17, 15) is 14.0 Å². The third kappa shape index (κ3) is 4.04. The Morgan fingerprint density at radius 3 is 2.62 bits per heavy atom. The van der Waals surface area contributed by atoms with Gasteiger partial charge in [-0.2, -0.15) is 4.39 Å². The van der Waals surface area contributed by atoms with E-state index in [0.717, 1.165) is 6.07 Å². The van der Waals surface area contributed by atoms with Crippen molar-refractivity contribution in [3.8, 4) is 0 Å². The van der Waals surface area contributed by atoms with Crippen LogP contribution in [0.4, 0.5) is 4.39 Å². The Morgan fingerprint density at radius 2 is 2.00 bits per heavy atom. The fourth-order valence-electron chi connectivity index (χ4n) is 1.04. The van der Waals surface area contributed by atoms with Gasteiger partial charge in [0.1, 0.15) is 5.69 Å². The number of halogens is 1. The van der Waals surface area contributed by atoms with Crippen LogP contribution in [0.25, 0.3) is 0 Å². The molecule has 0 saturated carbocycles. The number of nitrogens with zero attached hydrogens (tertiary/aromatic N) is 1. The molecule has 0 atom stereocenters. The molecule has 0 bridgehead atoms. The summed E-state index contributed by atoms with van der Waals surface area (Å²) in [6.07, 6.45) is 0. The van der Waals surface area contributed by atoms with Crippen LogP contribution in [0, 0.1) is 5.95 Å². The zero-order valence-corrected chi connectivity index (χ0v) is 8.79. The van der Waals surface area contributed by atoms with Gasteiger partial charge in [-0.25, -0.2) is 4.98 Å². The Morgan fingerprint density at radius 1 is 1.31 bits per heavy atom. The van der Waals surface area contributed by atoms with Gasteiger partial charge in [0.05, 0.1) is 0 Å². The van der Waals surface area contributed by atoms with Crippen molar-refractivity contribution in [2.75, 3.05) is 13.1 Å². The fourth-order valence-corrected chi connectivity index (χ4v) is 1.04. The Kier molecular flexibility index (Phi) is 4.38. The summed E-state index contributed by atoms with van der Waals surface area (Å²) in [4.78, 5) is 25.3. The number of amides is 2. The molecule has 86 valence electrons. The summed E-state index contributed by atoms with van der Waals surface area (Å²) >= 11 is 0. The standard InChI is InChI=1S/C10H12FN3O2/c1-7(15)12-5-6-13-10(16)8-3-2-4-9(11)14-8/h2-4H,5-6H2,1H3,(H,12,15)(H,13,16). The van der Waals surface area contributed by atoms with Gasteiger partial charge in [-0.05, 0) is 12.1 Å². The minimum absolute atomic E-state index is 0.0165. The molecule has 16 heavy (non-hydrogen) atoms. The Bertz CT molecular complexity index is 395. The molecule has 1 heterocycles. The van der Waals surface area contributed by atoms with Crippen LogP contribution in [-0.2, 0) is 4.79 Å². The summed E-state index contributed by atoms with van der Waals surface area (Å²) in [5, 5.41) is 5.01. The molecule has 0 saturated heterocycles. The molecule has 0 unspecified atom stereocenters. The second-order valence-corrected chi connectivity index (χ2v) is 3.08. The van der Waals surface area contributed by atoms with Crippen LogP contribution >= 0.6 is 0 Å². The minimum Gasteiger partial charge on any atom is -0.355 e. The number of hydrogen-bond acceptors (Lipinski definition) is 3. The van der Waals surface area contributed by atoms with Gasteiger partial charge in [-0.3, -0.25) is 9.59 Å². The SMILES string of the molecule is CC(=O)NCCNC(=O)c1cccc(F)n1. The van der Waals surface area contributed by atoms with Crippen molar-refractivity contribution in [2.45, 2.75) is 6.92 Å². The Labute approximate surface area is 92.1 Å². The van der Waals surface area contributed by atoms with Gasteiger partial charge in [0.25, 0.3) is 5.91 Å².